The Morgan fingerprint density at radius 1 is 1.30 bits per heavy atom. The molecular formula is C11H12BrF3N2O2S. The second kappa shape index (κ2) is 5.63. The van der Waals surface area contributed by atoms with Crippen LogP contribution in [-0.4, -0.2) is 14.5 Å². The van der Waals surface area contributed by atoms with Crippen LogP contribution in [0.15, 0.2) is 22.7 Å². The van der Waals surface area contributed by atoms with Crippen LogP contribution >= 0.6 is 15.9 Å². The Morgan fingerprint density at radius 3 is 2.50 bits per heavy atom. The first-order valence-electron chi connectivity index (χ1n) is 5.80. The summed E-state index contributed by atoms with van der Waals surface area (Å²) in [6.07, 6.45) is -3.02. The van der Waals surface area contributed by atoms with Crippen molar-refractivity contribution in [3.05, 3.63) is 33.8 Å². The molecule has 112 valence electrons. The average molecular weight is 373 g/mol. The van der Waals surface area contributed by atoms with Gasteiger partial charge in [-0.1, -0.05) is 22.0 Å². The molecule has 1 aromatic rings. The zero-order chi connectivity index (χ0) is 15.0. The molecule has 0 saturated heterocycles. The van der Waals surface area contributed by atoms with Crippen LogP contribution in [0.25, 0.3) is 0 Å². The van der Waals surface area contributed by atoms with E-state index in [0.717, 1.165) is 18.9 Å². The second-order valence-corrected chi connectivity index (χ2v) is 6.96. The molecule has 9 heteroatoms. The van der Waals surface area contributed by atoms with Gasteiger partial charge in [0.05, 0.1) is 5.56 Å². The van der Waals surface area contributed by atoms with Crippen molar-refractivity contribution in [3.8, 4) is 0 Å². The van der Waals surface area contributed by atoms with Crippen molar-refractivity contribution in [2.75, 3.05) is 0 Å². The maximum Gasteiger partial charge on any atom is 0.416 e. The quantitative estimate of drug-likeness (QED) is 0.834. The molecule has 0 aliphatic heterocycles. The molecule has 0 unspecified atom stereocenters. The number of benzene rings is 1. The van der Waals surface area contributed by atoms with Gasteiger partial charge in [-0.2, -0.15) is 31.0 Å². The maximum atomic E-state index is 12.9. The largest absolute Gasteiger partial charge is 0.416 e. The van der Waals surface area contributed by atoms with E-state index in [1.165, 1.54) is 12.1 Å². The first kappa shape index (κ1) is 15.7. The van der Waals surface area contributed by atoms with Crippen molar-refractivity contribution in [2.45, 2.75) is 31.6 Å². The molecule has 2 N–H and O–H groups in total. The third-order valence-corrected chi connectivity index (χ3v) is 4.39. The minimum Gasteiger partial charge on any atom is -0.199 e. The van der Waals surface area contributed by atoms with Gasteiger partial charge in [-0.15, -0.1) is 0 Å². The molecular weight excluding hydrogens is 361 g/mol. The van der Waals surface area contributed by atoms with E-state index in [2.05, 4.69) is 25.4 Å². The average Bonchev–Trinajstić information content (AvgIpc) is 3.09. The maximum absolute atomic E-state index is 12.9. The molecule has 1 aliphatic rings. The molecule has 1 aliphatic carbocycles. The second-order valence-electron chi connectivity index (χ2n) is 4.52. The minimum absolute atomic E-state index is 0.0977. The lowest BCUT2D eigenvalue weighted by atomic mass is 10.1. The molecule has 1 fully saturated rings. The molecule has 0 aromatic heterocycles. The Hall–Kier alpha value is -0.640. The number of halogens is 4. The van der Waals surface area contributed by atoms with Crippen LogP contribution in [0.4, 0.5) is 13.2 Å². The number of hydrogen-bond acceptors (Lipinski definition) is 2. The van der Waals surface area contributed by atoms with Crippen LogP contribution in [0.2, 0.25) is 0 Å². The summed E-state index contributed by atoms with van der Waals surface area (Å²) in [7, 11) is -3.77. The molecule has 2 rings (SSSR count). The highest BCUT2D eigenvalue weighted by atomic mass is 79.9. The lowest BCUT2D eigenvalue weighted by molar-refractivity contribution is -0.138. The van der Waals surface area contributed by atoms with Crippen LogP contribution in [-0.2, 0) is 22.9 Å². The van der Waals surface area contributed by atoms with Gasteiger partial charge < -0.3 is 0 Å². The predicted molar refractivity (Wildman–Crippen MR) is 71.1 cm³/mol. The van der Waals surface area contributed by atoms with Crippen molar-refractivity contribution in [1.29, 1.82) is 0 Å². The van der Waals surface area contributed by atoms with E-state index < -0.39 is 28.5 Å². The van der Waals surface area contributed by atoms with Gasteiger partial charge in [-0.25, -0.2) is 0 Å². The standard InChI is InChI=1S/C11H12BrF3N2O2S/c12-8-2-1-7(10(5-8)11(13,14)15)6-16-20(18,19)17-9-3-4-9/h1-2,5,9,16-17H,3-4,6H2. The molecule has 0 radical (unpaired) electrons. The molecule has 4 nitrogen and oxygen atoms in total. The van der Waals surface area contributed by atoms with Gasteiger partial charge >= 0.3 is 6.18 Å². The Bertz CT molecular complexity index is 600. The summed E-state index contributed by atoms with van der Waals surface area (Å²) >= 11 is 2.97. The summed E-state index contributed by atoms with van der Waals surface area (Å²) in [6.45, 7) is -0.413. The summed E-state index contributed by atoms with van der Waals surface area (Å²) in [5.74, 6) is 0. The summed E-state index contributed by atoms with van der Waals surface area (Å²) in [4.78, 5) is 0. The Balaban J connectivity index is 2.12. The predicted octanol–water partition coefficient (Wildman–Crippen LogP) is 2.55. The summed E-state index contributed by atoms with van der Waals surface area (Å²) < 4.78 is 66.5. The molecule has 0 bridgehead atoms. The molecule has 1 aromatic carbocycles. The van der Waals surface area contributed by atoms with Gasteiger partial charge in [0.2, 0.25) is 0 Å². The topological polar surface area (TPSA) is 58.2 Å². The van der Waals surface area contributed by atoms with E-state index >= 15 is 0 Å². The Kier molecular flexibility index (Phi) is 4.43. The lowest BCUT2D eigenvalue weighted by Gasteiger charge is -2.14. The van der Waals surface area contributed by atoms with E-state index in [0.29, 0.717) is 0 Å². The summed E-state index contributed by atoms with van der Waals surface area (Å²) in [6, 6.07) is 3.51. The first-order valence-corrected chi connectivity index (χ1v) is 8.07. The molecule has 20 heavy (non-hydrogen) atoms. The van der Waals surface area contributed by atoms with Crippen LogP contribution in [0.1, 0.15) is 24.0 Å². The summed E-state index contributed by atoms with van der Waals surface area (Å²) in [5, 5.41) is 0. The van der Waals surface area contributed by atoms with Crippen LogP contribution in [0.5, 0.6) is 0 Å². The molecule has 0 heterocycles. The normalized spacial score (nSPS) is 16.4. The smallest absolute Gasteiger partial charge is 0.199 e. The SMILES string of the molecule is O=S(=O)(NCc1ccc(Br)cc1C(F)(F)F)NC1CC1. The number of nitrogens with one attached hydrogen (secondary N) is 2. The molecule has 0 atom stereocenters. The first-order chi connectivity index (χ1) is 9.17. The lowest BCUT2D eigenvalue weighted by Crippen LogP contribution is -2.37. The monoisotopic (exact) mass is 372 g/mol. The Morgan fingerprint density at radius 2 is 1.95 bits per heavy atom. The van der Waals surface area contributed by atoms with Crippen LogP contribution < -0.4 is 9.44 Å². The molecule has 0 amide bonds. The van der Waals surface area contributed by atoms with Gasteiger partial charge in [0, 0.05) is 17.1 Å². The van der Waals surface area contributed by atoms with Crippen molar-refractivity contribution in [1.82, 2.24) is 9.44 Å². The van der Waals surface area contributed by atoms with Gasteiger partial charge in [0.1, 0.15) is 0 Å². The van der Waals surface area contributed by atoms with E-state index in [9.17, 15) is 21.6 Å². The van der Waals surface area contributed by atoms with Crippen LogP contribution in [0, 0.1) is 0 Å². The van der Waals surface area contributed by atoms with Crippen molar-refractivity contribution < 1.29 is 21.6 Å². The zero-order valence-electron chi connectivity index (χ0n) is 10.2. The number of alkyl halides is 3. The molecule has 1 saturated carbocycles. The highest BCUT2D eigenvalue weighted by molar-refractivity contribution is 9.10. The third kappa shape index (κ3) is 4.44. The van der Waals surface area contributed by atoms with Gasteiger partial charge in [0.25, 0.3) is 10.2 Å². The fourth-order valence-corrected chi connectivity index (χ4v) is 3.07. The van der Waals surface area contributed by atoms with Crippen molar-refractivity contribution in [2.24, 2.45) is 0 Å². The van der Waals surface area contributed by atoms with E-state index in [4.69, 9.17) is 0 Å². The Labute approximate surface area is 123 Å². The van der Waals surface area contributed by atoms with Gasteiger partial charge in [0.15, 0.2) is 0 Å². The molecule has 0 spiro atoms. The van der Waals surface area contributed by atoms with Gasteiger partial charge in [-0.3, -0.25) is 0 Å². The van der Waals surface area contributed by atoms with E-state index in [1.807, 2.05) is 0 Å². The highest BCUT2D eigenvalue weighted by Gasteiger charge is 2.34. The summed E-state index contributed by atoms with van der Waals surface area (Å²) in [5.41, 5.74) is -0.983. The van der Waals surface area contributed by atoms with Gasteiger partial charge in [-0.05, 0) is 30.5 Å². The van der Waals surface area contributed by atoms with Crippen molar-refractivity contribution in [3.63, 3.8) is 0 Å². The number of rotatable bonds is 5. The minimum atomic E-state index is -4.53. The van der Waals surface area contributed by atoms with E-state index in [1.54, 1.807) is 0 Å². The van der Waals surface area contributed by atoms with E-state index in [-0.39, 0.29) is 16.1 Å². The fourth-order valence-electron chi connectivity index (χ4n) is 1.60. The number of hydrogen-bond donors (Lipinski definition) is 2. The zero-order valence-corrected chi connectivity index (χ0v) is 12.6. The fraction of sp³-hybridized carbons (Fsp3) is 0.455. The highest BCUT2D eigenvalue weighted by Crippen LogP contribution is 2.33. The third-order valence-electron chi connectivity index (χ3n) is 2.73. The van der Waals surface area contributed by atoms with Crippen LogP contribution in [0.3, 0.4) is 0 Å². The van der Waals surface area contributed by atoms with Crippen molar-refractivity contribution >= 4 is 26.1 Å².